The number of benzene rings is 3. The van der Waals surface area contributed by atoms with Crippen molar-refractivity contribution < 1.29 is 9.18 Å². The predicted molar refractivity (Wildman–Crippen MR) is 112 cm³/mol. The van der Waals surface area contributed by atoms with Crippen LogP contribution in [0.15, 0.2) is 90.1 Å². The van der Waals surface area contributed by atoms with Crippen LogP contribution in [0.4, 0.5) is 4.39 Å². The van der Waals surface area contributed by atoms with Gasteiger partial charge in [0.25, 0.3) is 0 Å². The van der Waals surface area contributed by atoms with Crippen molar-refractivity contribution in [3.63, 3.8) is 0 Å². The van der Waals surface area contributed by atoms with E-state index in [-0.39, 0.29) is 17.4 Å². The van der Waals surface area contributed by atoms with Crippen molar-refractivity contribution in [2.45, 2.75) is 11.7 Å². The lowest BCUT2D eigenvalue weighted by Gasteiger charge is -2.11. The van der Waals surface area contributed by atoms with Gasteiger partial charge in [-0.1, -0.05) is 84.6 Å². The van der Waals surface area contributed by atoms with Crippen molar-refractivity contribution in [1.82, 2.24) is 14.8 Å². The summed E-state index contributed by atoms with van der Waals surface area (Å²) in [6, 6.07) is 25.5. The SMILES string of the molecule is O=C(CSc1nnc(-c2ccccc2F)n1Cc1ccccc1)c1ccccc1. The van der Waals surface area contributed by atoms with Gasteiger partial charge in [-0.15, -0.1) is 10.2 Å². The maximum absolute atomic E-state index is 14.4. The van der Waals surface area contributed by atoms with Crippen molar-refractivity contribution >= 4 is 17.5 Å². The second kappa shape index (κ2) is 8.84. The maximum Gasteiger partial charge on any atom is 0.192 e. The second-order valence-corrected chi connectivity index (χ2v) is 7.38. The van der Waals surface area contributed by atoms with E-state index in [1.807, 2.05) is 53.1 Å². The fraction of sp³-hybridized carbons (Fsp3) is 0.0870. The highest BCUT2D eigenvalue weighted by molar-refractivity contribution is 7.99. The van der Waals surface area contributed by atoms with Gasteiger partial charge in [0.2, 0.25) is 0 Å². The lowest BCUT2D eigenvalue weighted by atomic mass is 10.2. The molecule has 0 aliphatic heterocycles. The Kier molecular flexibility index (Phi) is 5.81. The summed E-state index contributed by atoms with van der Waals surface area (Å²) in [5.74, 6) is 0.332. The summed E-state index contributed by atoms with van der Waals surface area (Å²) in [6.45, 7) is 0.485. The summed E-state index contributed by atoms with van der Waals surface area (Å²) >= 11 is 1.31. The first-order valence-corrected chi connectivity index (χ1v) is 10.1. The zero-order valence-corrected chi connectivity index (χ0v) is 16.3. The molecule has 0 aliphatic carbocycles. The van der Waals surface area contributed by atoms with Crippen molar-refractivity contribution in [3.8, 4) is 11.4 Å². The molecule has 0 atom stereocenters. The molecule has 0 radical (unpaired) electrons. The molecule has 6 heteroatoms. The van der Waals surface area contributed by atoms with E-state index in [9.17, 15) is 9.18 Å². The molecule has 0 unspecified atom stereocenters. The minimum atomic E-state index is -0.355. The lowest BCUT2D eigenvalue weighted by Crippen LogP contribution is -2.07. The van der Waals surface area contributed by atoms with Gasteiger partial charge in [0.15, 0.2) is 16.8 Å². The average Bonchev–Trinajstić information content (AvgIpc) is 3.16. The van der Waals surface area contributed by atoms with Crippen LogP contribution in [0.25, 0.3) is 11.4 Å². The highest BCUT2D eigenvalue weighted by atomic mass is 32.2. The van der Waals surface area contributed by atoms with Gasteiger partial charge < -0.3 is 0 Å². The van der Waals surface area contributed by atoms with Gasteiger partial charge in [-0.25, -0.2) is 4.39 Å². The molecular formula is C23H18FN3OS. The first-order valence-electron chi connectivity index (χ1n) is 9.15. The van der Waals surface area contributed by atoms with Crippen LogP contribution in [0.5, 0.6) is 0 Å². The molecule has 0 fully saturated rings. The summed E-state index contributed by atoms with van der Waals surface area (Å²) < 4.78 is 16.3. The Morgan fingerprint density at radius 1 is 0.862 bits per heavy atom. The highest BCUT2D eigenvalue weighted by Gasteiger charge is 2.18. The maximum atomic E-state index is 14.4. The summed E-state index contributed by atoms with van der Waals surface area (Å²) in [5.41, 5.74) is 2.08. The lowest BCUT2D eigenvalue weighted by molar-refractivity contribution is 0.102. The largest absolute Gasteiger partial charge is 0.297 e. The number of hydrogen-bond acceptors (Lipinski definition) is 4. The van der Waals surface area contributed by atoms with Crippen LogP contribution in [0.3, 0.4) is 0 Å². The van der Waals surface area contributed by atoms with Gasteiger partial charge in [0.05, 0.1) is 17.9 Å². The number of ketones is 1. The molecule has 144 valence electrons. The zero-order chi connectivity index (χ0) is 20.1. The first-order chi connectivity index (χ1) is 14.2. The Morgan fingerprint density at radius 3 is 2.24 bits per heavy atom. The molecule has 0 bridgehead atoms. The van der Waals surface area contributed by atoms with E-state index >= 15 is 0 Å². The smallest absolute Gasteiger partial charge is 0.192 e. The van der Waals surface area contributed by atoms with E-state index in [2.05, 4.69) is 10.2 Å². The van der Waals surface area contributed by atoms with Crippen LogP contribution in [0.1, 0.15) is 15.9 Å². The number of nitrogens with zero attached hydrogens (tertiary/aromatic N) is 3. The fourth-order valence-electron chi connectivity index (χ4n) is 2.98. The molecule has 3 aromatic carbocycles. The molecule has 4 rings (SSSR count). The van der Waals surface area contributed by atoms with Gasteiger partial charge in [0, 0.05) is 5.56 Å². The number of thioether (sulfide) groups is 1. The molecule has 0 aliphatic rings. The molecule has 0 spiro atoms. The van der Waals surface area contributed by atoms with Gasteiger partial charge in [-0.2, -0.15) is 0 Å². The molecule has 0 N–H and O–H groups in total. The molecule has 29 heavy (non-hydrogen) atoms. The number of hydrogen-bond donors (Lipinski definition) is 0. The highest BCUT2D eigenvalue weighted by Crippen LogP contribution is 2.27. The standard InChI is InChI=1S/C23H18FN3OS/c24-20-14-8-7-13-19(20)22-25-26-23(27(22)15-17-9-3-1-4-10-17)29-16-21(28)18-11-5-2-6-12-18/h1-14H,15-16H2. The van der Waals surface area contributed by atoms with Gasteiger partial charge in [-0.05, 0) is 17.7 Å². The minimum Gasteiger partial charge on any atom is -0.297 e. The van der Waals surface area contributed by atoms with Crippen LogP contribution >= 0.6 is 11.8 Å². The molecular weight excluding hydrogens is 385 g/mol. The Labute approximate surface area is 172 Å². The van der Waals surface area contributed by atoms with Gasteiger partial charge in [-0.3, -0.25) is 9.36 Å². The van der Waals surface area contributed by atoms with Crippen LogP contribution in [-0.2, 0) is 6.54 Å². The molecule has 1 aromatic heterocycles. The molecule has 0 amide bonds. The normalized spacial score (nSPS) is 10.8. The number of halogens is 1. The summed E-state index contributed by atoms with van der Waals surface area (Å²) in [4.78, 5) is 12.5. The average molecular weight is 403 g/mol. The van der Waals surface area contributed by atoms with Gasteiger partial charge >= 0.3 is 0 Å². The molecule has 1 heterocycles. The van der Waals surface area contributed by atoms with Gasteiger partial charge in [0.1, 0.15) is 5.82 Å². The summed E-state index contributed by atoms with van der Waals surface area (Å²) in [6.07, 6.45) is 0. The number of carbonyl (C=O) groups excluding carboxylic acids is 1. The molecule has 4 nitrogen and oxygen atoms in total. The van der Waals surface area contributed by atoms with Crippen molar-refractivity contribution in [1.29, 1.82) is 0 Å². The summed E-state index contributed by atoms with van der Waals surface area (Å²) in [5, 5.41) is 9.07. The molecule has 0 saturated carbocycles. The fourth-order valence-corrected chi connectivity index (χ4v) is 3.82. The van der Waals surface area contributed by atoms with Crippen LogP contribution in [0.2, 0.25) is 0 Å². The number of Topliss-reactive ketones (excluding diaryl/α,β-unsaturated/α-hetero) is 1. The Balaban J connectivity index is 1.64. The number of rotatable bonds is 7. The van der Waals surface area contributed by atoms with Crippen molar-refractivity contribution in [3.05, 3.63) is 102 Å². The minimum absolute atomic E-state index is 0.0114. The third kappa shape index (κ3) is 4.43. The molecule has 0 saturated heterocycles. The predicted octanol–water partition coefficient (Wildman–Crippen LogP) is 5.11. The number of carbonyl (C=O) groups is 1. The van der Waals surface area contributed by atoms with E-state index in [0.717, 1.165) is 5.56 Å². The van der Waals surface area contributed by atoms with Crippen LogP contribution in [0, 0.1) is 5.82 Å². The topological polar surface area (TPSA) is 47.8 Å². The Hall–Kier alpha value is -3.25. The Morgan fingerprint density at radius 2 is 1.52 bits per heavy atom. The number of aromatic nitrogens is 3. The van der Waals surface area contributed by atoms with E-state index in [1.165, 1.54) is 17.8 Å². The van der Waals surface area contributed by atoms with Crippen LogP contribution in [-0.4, -0.2) is 26.3 Å². The quantitative estimate of drug-likeness (QED) is 0.318. The molecule has 4 aromatic rings. The third-order valence-electron chi connectivity index (χ3n) is 4.44. The van der Waals surface area contributed by atoms with E-state index in [4.69, 9.17) is 0 Å². The monoisotopic (exact) mass is 403 g/mol. The first kappa shape index (κ1) is 19.1. The summed E-state index contributed by atoms with van der Waals surface area (Å²) in [7, 11) is 0. The van der Waals surface area contributed by atoms with Crippen LogP contribution < -0.4 is 0 Å². The van der Waals surface area contributed by atoms with Crippen molar-refractivity contribution in [2.24, 2.45) is 0 Å². The van der Waals surface area contributed by atoms with E-state index < -0.39 is 0 Å². The third-order valence-corrected chi connectivity index (χ3v) is 5.41. The second-order valence-electron chi connectivity index (χ2n) is 6.44. The van der Waals surface area contributed by atoms with Crippen molar-refractivity contribution in [2.75, 3.05) is 5.75 Å². The van der Waals surface area contributed by atoms with E-state index in [0.29, 0.717) is 28.7 Å². The zero-order valence-electron chi connectivity index (χ0n) is 15.5. The van der Waals surface area contributed by atoms with E-state index in [1.54, 1.807) is 30.3 Å². The Bertz CT molecular complexity index is 1110.